The summed E-state index contributed by atoms with van der Waals surface area (Å²) in [5, 5.41) is 16.7. The van der Waals surface area contributed by atoms with Crippen LogP contribution in [0.2, 0.25) is 0 Å². The second-order valence-electron chi connectivity index (χ2n) is 4.14. The van der Waals surface area contributed by atoms with Crippen LogP contribution in [0.1, 0.15) is 22.5 Å². The van der Waals surface area contributed by atoms with E-state index < -0.39 is 0 Å². The van der Waals surface area contributed by atoms with E-state index in [1.165, 1.54) is 0 Å². The Morgan fingerprint density at radius 1 is 1.47 bits per heavy atom. The minimum Gasteiger partial charge on any atom is -0.265 e. The van der Waals surface area contributed by atoms with E-state index in [2.05, 4.69) is 21.2 Å². The molecule has 1 aromatic carbocycles. The molecule has 0 aliphatic heterocycles. The predicted octanol–water partition coefficient (Wildman–Crippen LogP) is 2.92. The van der Waals surface area contributed by atoms with E-state index in [9.17, 15) is 0 Å². The number of nitrogens with zero attached hydrogens (tertiary/aromatic N) is 6. The number of hydrogen-bond donors (Lipinski definition) is 0. The number of benzene rings is 1. The summed E-state index contributed by atoms with van der Waals surface area (Å²) in [7, 11) is 0. The average molecular weight is 252 g/mol. The van der Waals surface area contributed by atoms with Crippen LogP contribution in [0.25, 0.3) is 10.4 Å². The van der Waals surface area contributed by atoms with Crippen LogP contribution in [-0.2, 0) is 13.1 Å². The molecule has 94 valence electrons. The highest BCUT2D eigenvalue weighted by atomic mass is 15.3. The number of nitriles is 1. The molecule has 0 spiro atoms. The molecule has 0 bridgehead atoms. The van der Waals surface area contributed by atoms with Crippen LogP contribution >= 0.6 is 0 Å². The minimum atomic E-state index is 0.253. The maximum absolute atomic E-state index is 8.87. The van der Waals surface area contributed by atoms with Crippen LogP contribution in [0.3, 0.4) is 0 Å². The van der Waals surface area contributed by atoms with Gasteiger partial charge in [0.15, 0.2) is 0 Å². The van der Waals surface area contributed by atoms with Crippen molar-refractivity contribution < 1.29 is 0 Å². The van der Waals surface area contributed by atoms with Crippen molar-refractivity contribution in [3.05, 3.63) is 63.3 Å². The van der Waals surface area contributed by atoms with Gasteiger partial charge < -0.3 is 0 Å². The summed E-state index contributed by atoms with van der Waals surface area (Å²) in [6.07, 6.45) is 0. The SMILES string of the molecule is Cc1cc(CN=[N+]=[N-])nn1Cc1cccc(C#N)c1. The standard InChI is InChI=1S/C13H12N6/c1-10-5-13(8-16-18-15)17-19(10)9-12-4-2-3-11(6-12)7-14/h2-6H,8-9H2,1H3. The predicted molar refractivity (Wildman–Crippen MR) is 70.1 cm³/mol. The van der Waals surface area contributed by atoms with Gasteiger partial charge in [0.05, 0.1) is 30.4 Å². The third-order valence-electron chi connectivity index (χ3n) is 2.72. The first-order valence-corrected chi connectivity index (χ1v) is 5.76. The normalized spacial score (nSPS) is 9.68. The van der Waals surface area contributed by atoms with Crippen molar-refractivity contribution in [1.29, 1.82) is 5.26 Å². The van der Waals surface area contributed by atoms with Gasteiger partial charge in [-0.05, 0) is 36.2 Å². The van der Waals surface area contributed by atoms with Crippen molar-refractivity contribution in [2.75, 3.05) is 0 Å². The first kappa shape index (κ1) is 12.7. The lowest BCUT2D eigenvalue weighted by Crippen LogP contribution is -2.04. The molecule has 0 radical (unpaired) electrons. The number of aryl methyl sites for hydroxylation is 1. The molecular formula is C13H12N6. The lowest BCUT2D eigenvalue weighted by atomic mass is 10.1. The molecule has 0 N–H and O–H groups in total. The van der Waals surface area contributed by atoms with Crippen molar-refractivity contribution in [3.63, 3.8) is 0 Å². The molecule has 2 aromatic rings. The van der Waals surface area contributed by atoms with Gasteiger partial charge in [0.25, 0.3) is 0 Å². The highest BCUT2D eigenvalue weighted by Gasteiger charge is 2.04. The van der Waals surface area contributed by atoms with E-state index in [1.54, 1.807) is 6.07 Å². The molecule has 1 heterocycles. The third-order valence-corrected chi connectivity index (χ3v) is 2.72. The second-order valence-corrected chi connectivity index (χ2v) is 4.14. The van der Waals surface area contributed by atoms with Crippen molar-refractivity contribution in [1.82, 2.24) is 9.78 Å². The number of azide groups is 1. The molecule has 6 heteroatoms. The smallest absolute Gasteiger partial charge is 0.0991 e. The molecule has 19 heavy (non-hydrogen) atoms. The summed E-state index contributed by atoms with van der Waals surface area (Å²) < 4.78 is 1.83. The Balaban J connectivity index is 2.20. The summed E-state index contributed by atoms with van der Waals surface area (Å²) in [5.41, 5.74) is 11.7. The zero-order chi connectivity index (χ0) is 13.7. The summed E-state index contributed by atoms with van der Waals surface area (Å²) in [4.78, 5) is 2.72. The number of rotatable bonds is 4. The van der Waals surface area contributed by atoms with E-state index in [4.69, 9.17) is 10.8 Å². The van der Waals surface area contributed by atoms with E-state index in [0.717, 1.165) is 17.0 Å². The molecular weight excluding hydrogens is 240 g/mol. The van der Waals surface area contributed by atoms with Gasteiger partial charge >= 0.3 is 0 Å². The fourth-order valence-electron chi connectivity index (χ4n) is 1.83. The molecule has 0 aliphatic rings. The zero-order valence-electron chi connectivity index (χ0n) is 10.5. The van der Waals surface area contributed by atoms with Crippen LogP contribution in [-0.4, -0.2) is 9.78 Å². The van der Waals surface area contributed by atoms with Gasteiger partial charge in [-0.25, -0.2) is 0 Å². The molecule has 2 rings (SSSR count). The first-order valence-electron chi connectivity index (χ1n) is 5.76. The van der Waals surface area contributed by atoms with E-state index in [1.807, 2.05) is 35.9 Å². The summed E-state index contributed by atoms with van der Waals surface area (Å²) in [5.74, 6) is 0. The van der Waals surface area contributed by atoms with Gasteiger partial charge in [-0.15, -0.1) is 0 Å². The van der Waals surface area contributed by atoms with Gasteiger partial charge in [0, 0.05) is 10.6 Å². The lowest BCUT2D eigenvalue weighted by Gasteiger charge is -2.04. The van der Waals surface area contributed by atoms with Crippen LogP contribution in [0.15, 0.2) is 35.4 Å². The summed E-state index contributed by atoms with van der Waals surface area (Å²) in [6.45, 7) is 2.79. The van der Waals surface area contributed by atoms with Gasteiger partial charge in [0.2, 0.25) is 0 Å². The number of aromatic nitrogens is 2. The Bertz CT molecular complexity index is 673. The number of hydrogen-bond acceptors (Lipinski definition) is 3. The van der Waals surface area contributed by atoms with Crippen molar-refractivity contribution >= 4 is 0 Å². The maximum Gasteiger partial charge on any atom is 0.0991 e. The van der Waals surface area contributed by atoms with Gasteiger partial charge in [-0.2, -0.15) is 10.4 Å². The molecule has 0 aliphatic carbocycles. The lowest BCUT2D eigenvalue weighted by molar-refractivity contribution is 0.652. The van der Waals surface area contributed by atoms with Crippen LogP contribution in [0.4, 0.5) is 0 Å². The third kappa shape index (κ3) is 3.12. The molecule has 0 saturated heterocycles. The van der Waals surface area contributed by atoms with Gasteiger partial charge in [-0.1, -0.05) is 17.2 Å². The van der Waals surface area contributed by atoms with Gasteiger partial charge in [-0.3, -0.25) is 4.68 Å². The fraction of sp³-hybridized carbons (Fsp3) is 0.231. The summed E-state index contributed by atoms with van der Waals surface area (Å²) >= 11 is 0. The topological polar surface area (TPSA) is 90.4 Å². The Labute approximate surface area is 110 Å². The largest absolute Gasteiger partial charge is 0.265 e. The van der Waals surface area contributed by atoms with Crippen LogP contribution < -0.4 is 0 Å². The van der Waals surface area contributed by atoms with Crippen molar-refractivity contribution in [2.45, 2.75) is 20.0 Å². The molecule has 0 unspecified atom stereocenters. The van der Waals surface area contributed by atoms with Crippen molar-refractivity contribution in [2.24, 2.45) is 5.11 Å². The van der Waals surface area contributed by atoms with Gasteiger partial charge in [0.1, 0.15) is 0 Å². The maximum atomic E-state index is 8.87. The molecule has 0 atom stereocenters. The zero-order valence-corrected chi connectivity index (χ0v) is 10.5. The highest BCUT2D eigenvalue weighted by molar-refractivity contribution is 5.33. The molecule has 1 aromatic heterocycles. The molecule has 0 amide bonds. The van der Waals surface area contributed by atoms with E-state index in [-0.39, 0.29) is 6.54 Å². The summed E-state index contributed by atoms with van der Waals surface area (Å²) in [6, 6.07) is 11.4. The van der Waals surface area contributed by atoms with E-state index >= 15 is 0 Å². The highest BCUT2D eigenvalue weighted by Crippen LogP contribution is 2.10. The van der Waals surface area contributed by atoms with E-state index in [0.29, 0.717) is 12.1 Å². The Morgan fingerprint density at radius 2 is 2.32 bits per heavy atom. The Kier molecular flexibility index (Phi) is 3.81. The average Bonchev–Trinajstić information content (AvgIpc) is 2.77. The van der Waals surface area contributed by atoms with Crippen LogP contribution in [0, 0.1) is 18.3 Å². The Morgan fingerprint density at radius 3 is 3.05 bits per heavy atom. The first-order chi connectivity index (χ1) is 9.22. The van der Waals surface area contributed by atoms with Crippen molar-refractivity contribution in [3.8, 4) is 6.07 Å². The quantitative estimate of drug-likeness (QED) is 0.475. The monoisotopic (exact) mass is 252 g/mol. The second kappa shape index (κ2) is 5.71. The minimum absolute atomic E-state index is 0.253. The molecule has 6 nitrogen and oxygen atoms in total. The Hall–Kier alpha value is -2.77. The molecule has 0 saturated carbocycles. The van der Waals surface area contributed by atoms with Crippen LogP contribution in [0.5, 0.6) is 0 Å². The molecule has 0 fully saturated rings. The fourth-order valence-corrected chi connectivity index (χ4v) is 1.83.